The number of nitrogens with one attached hydrogen (secondary N) is 5. The molecule has 426 valence electrons. The Morgan fingerprint density at radius 2 is 0.878 bits per heavy atom. The van der Waals surface area contributed by atoms with Crippen molar-refractivity contribution >= 4 is 0 Å². The number of aromatic nitrogens is 32. The molecular weight excluding hydrogens is 1080 g/mol. The Hall–Kier alpha value is -11.6. The number of tetrazole rings is 4. The van der Waals surface area contributed by atoms with Crippen molar-refractivity contribution in [1.82, 2.24) is 159 Å². The van der Waals surface area contributed by atoms with Crippen LogP contribution in [0.4, 0.5) is 0 Å². The summed E-state index contributed by atoms with van der Waals surface area (Å²) in [5.74, 6) is 2.69. The normalized spacial score (nSPS) is 12.5. The van der Waals surface area contributed by atoms with Gasteiger partial charge in [0.05, 0.1) is 31.0 Å². The predicted molar refractivity (Wildman–Crippen MR) is 273 cm³/mol. The minimum atomic E-state index is -0.409. The SMILES string of the molecule is [3H]n1ccc(OCc2[nH]cnc2-n2nnn(C)c2=O)n1.[3H]n1ccc(OCc2c(-n3nnn(C)c3=O)ncn2C)n1.[3H]n1ccc(OCc2c(-n3nnn(C)c3=O)ncn2C2CC2)n1.[3H]n1ccc(OCc2c(-n3nnn(C)c3=O)ncn2CC)n1. The van der Waals surface area contributed by atoms with Gasteiger partial charge in [0, 0.05) is 96.9 Å². The van der Waals surface area contributed by atoms with Crippen LogP contribution in [0.1, 0.15) is 48.6 Å². The molecule has 40 nitrogen and oxygen atoms in total. The van der Waals surface area contributed by atoms with Crippen molar-refractivity contribution < 1.29 is 24.6 Å². The summed E-state index contributed by atoms with van der Waals surface area (Å²) in [5, 5.41) is 48.6. The van der Waals surface area contributed by atoms with Crippen molar-refractivity contribution in [3.8, 4) is 46.8 Å². The maximum Gasteiger partial charge on any atom is 0.369 e. The third-order valence-electron chi connectivity index (χ3n) is 11.7. The molecular formula is C42H50N32O8. The molecule has 12 aromatic rings. The van der Waals surface area contributed by atoms with E-state index >= 15 is 0 Å². The molecule has 1 saturated carbocycles. The molecule has 12 aromatic heterocycles. The van der Waals surface area contributed by atoms with E-state index in [4.69, 9.17) is 24.6 Å². The molecule has 0 aromatic carbocycles. The van der Waals surface area contributed by atoms with Crippen LogP contribution in [0.25, 0.3) is 23.3 Å². The average molecular weight is 1140 g/mol. The minimum Gasteiger partial charge on any atom is -0.470 e. The Labute approximate surface area is 462 Å². The zero-order valence-electron chi connectivity index (χ0n) is 48.1. The van der Waals surface area contributed by atoms with E-state index in [9.17, 15) is 19.2 Å². The van der Waals surface area contributed by atoms with E-state index in [1.807, 2.05) is 16.1 Å². The summed E-state index contributed by atoms with van der Waals surface area (Å²) in [5.41, 5.74) is 1.02. The molecule has 1 fully saturated rings. The molecule has 0 amide bonds. The van der Waals surface area contributed by atoms with Gasteiger partial charge in [0.15, 0.2) is 28.9 Å². The molecule has 0 aliphatic heterocycles. The second-order valence-corrected chi connectivity index (χ2v) is 17.1. The van der Waals surface area contributed by atoms with E-state index in [1.54, 1.807) is 54.9 Å². The Morgan fingerprint density at radius 1 is 0.488 bits per heavy atom. The first kappa shape index (κ1) is 48.7. The second kappa shape index (κ2) is 23.9. The lowest BCUT2D eigenvalue weighted by Crippen LogP contribution is -2.23. The van der Waals surface area contributed by atoms with Gasteiger partial charge in [0.25, 0.3) is 0 Å². The van der Waals surface area contributed by atoms with Gasteiger partial charge in [0.1, 0.15) is 43.5 Å². The molecule has 0 bridgehead atoms. The molecule has 40 heteroatoms. The minimum absolute atomic E-state index is 0.107. The molecule has 13 rings (SSSR count). The Morgan fingerprint density at radius 3 is 1.29 bits per heavy atom. The highest BCUT2D eigenvalue weighted by molar-refractivity contribution is 5.31. The van der Waals surface area contributed by atoms with Crippen LogP contribution >= 0.6 is 0 Å². The van der Waals surface area contributed by atoms with E-state index in [1.165, 1.54) is 59.3 Å². The fraction of sp³-hybridized carbons (Fsp3) is 0.333. The summed E-state index contributed by atoms with van der Waals surface area (Å²) in [4.78, 5) is 67.2. The Balaban J connectivity index is 0.000000127. The van der Waals surface area contributed by atoms with Gasteiger partial charge in [-0.2, -0.15) is 18.7 Å². The van der Waals surface area contributed by atoms with Crippen molar-refractivity contribution in [3.63, 3.8) is 0 Å². The van der Waals surface area contributed by atoms with Crippen molar-refractivity contribution in [2.45, 2.75) is 58.8 Å². The van der Waals surface area contributed by atoms with Crippen LogP contribution < -0.4 is 41.7 Å². The molecule has 0 radical (unpaired) electrons. The fourth-order valence-electron chi connectivity index (χ4n) is 7.29. The smallest absolute Gasteiger partial charge is 0.369 e. The second-order valence-electron chi connectivity index (χ2n) is 17.1. The molecule has 12 heterocycles. The topological polar surface area (TPSA) is 445 Å². The monoisotopic (exact) mass is 1140 g/mol. The number of H-pyrrole nitrogens is 5. The average Bonchev–Trinajstić information content (AvgIpc) is 2.13. The molecule has 1 aliphatic carbocycles. The van der Waals surface area contributed by atoms with Crippen molar-refractivity contribution in [2.75, 3.05) is 0 Å². The first-order valence-electron chi connectivity index (χ1n) is 26.0. The number of hydrogen-bond acceptors (Lipinski definition) is 24. The number of hydrogen-bond donors (Lipinski definition) is 5. The largest absolute Gasteiger partial charge is 0.470 e. The third kappa shape index (κ3) is 11.8. The molecule has 5 N–H and O–H groups in total. The van der Waals surface area contributed by atoms with Gasteiger partial charge in [-0.25, -0.2) is 39.1 Å². The van der Waals surface area contributed by atoms with Crippen LogP contribution in [-0.4, -0.2) is 159 Å². The van der Waals surface area contributed by atoms with Gasteiger partial charge in [0.2, 0.25) is 23.5 Å². The number of imidazole rings is 4. The maximum absolute atomic E-state index is 12.1. The molecule has 1 aliphatic rings. The van der Waals surface area contributed by atoms with Crippen LogP contribution in [0.5, 0.6) is 23.5 Å². The fourth-order valence-corrected chi connectivity index (χ4v) is 7.29. The molecule has 82 heavy (non-hydrogen) atoms. The van der Waals surface area contributed by atoms with Gasteiger partial charge >= 0.3 is 22.8 Å². The van der Waals surface area contributed by atoms with Crippen LogP contribution in [0, 0.1) is 0 Å². The van der Waals surface area contributed by atoms with Crippen molar-refractivity contribution in [1.29, 1.82) is 0 Å². The molecule has 0 spiro atoms. The number of aryl methyl sites for hydroxylation is 6. The predicted octanol–water partition coefficient (Wildman–Crippen LogP) is -2.72. The summed E-state index contributed by atoms with van der Waals surface area (Å²) >= 11 is 0. The summed E-state index contributed by atoms with van der Waals surface area (Å²) in [6.45, 7) is 3.16. The van der Waals surface area contributed by atoms with Crippen LogP contribution in [0.3, 0.4) is 0 Å². The van der Waals surface area contributed by atoms with Crippen LogP contribution in [0.2, 0.25) is 5.65 Å². The van der Waals surface area contributed by atoms with Crippen LogP contribution in [-0.2, 0) is 68.2 Å². The lowest BCUT2D eigenvalue weighted by atomic mass is 10.4. The van der Waals surface area contributed by atoms with Crippen LogP contribution in [0.15, 0.2) is 93.5 Å². The number of nitrogens with zero attached hydrogens (tertiary/aromatic N) is 27. The number of rotatable bonds is 18. The molecule has 0 saturated heterocycles. The summed E-state index contributed by atoms with van der Waals surface area (Å²) in [6.07, 6.45) is 14.2. The number of ether oxygens (including phenoxy) is 4. The standard InChI is InChI=1S/C12H14N8O2.C11H14N8O2.C10H12N8O2.C9H10N8O2/c1-18-12(21)20(17-16-18)11-9(6-22-10-4-5-14-15-10)19(7-13-11)8-2-3-8;1-3-18-7-12-10(19-11(20)17(2)15-16-19)8(18)6-21-9-4-5-13-14-9;1-16-6-11-9(18-10(19)17(2)14-15-18)7(16)5-20-8-3-4-12-13-8;1-16-9(18)17(15-14-16)8-6(10-5-11-8)4-19-7-2-3-12-13-7/h4-5,7-8H,2-3,6H2,1H3,(H,14,15);4-5,7H,3,6H2,1-2H3,(H,13,14);3-4,6H,5H2,1-2H3,(H,12,13);2-3,5H,4H2,1H3,(H,10,11)(H,12,13)/i/hT4. The first-order valence-corrected chi connectivity index (χ1v) is 24.2. The summed E-state index contributed by atoms with van der Waals surface area (Å²) < 4.78 is 65.6. The zero-order valence-corrected chi connectivity index (χ0v) is 44.1. The highest BCUT2D eigenvalue weighted by Gasteiger charge is 2.29. The van der Waals surface area contributed by atoms with Gasteiger partial charge in [-0.05, 0) is 61.5 Å². The van der Waals surface area contributed by atoms with E-state index in [-0.39, 0.29) is 32.1 Å². The van der Waals surface area contributed by atoms with Gasteiger partial charge < -0.3 is 37.6 Å². The Kier molecular flexibility index (Phi) is 14.2. The number of aromatic amines is 5. The quantitative estimate of drug-likeness (QED) is 0.0582. The highest BCUT2D eigenvalue weighted by atomic mass is 16.5. The van der Waals surface area contributed by atoms with E-state index in [2.05, 4.69) is 87.0 Å². The van der Waals surface area contributed by atoms with Crippen molar-refractivity contribution in [3.05, 3.63) is 139 Å². The van der Waals surface area contributed by atoms with Gasteiger partial charge in [-0.15, -0.1) is 39.1 Å². The van der Waals surface area contributed by atoms with E-state index < -0.39 is 17.1 Å². The highest BCUT2D eigenvalue weighted by Crippen LogP contribution is 2.37. The van der Waals surface area contributed by atoms with Gasteiger partial charge in [-0.3, -0.25) is 20.4 Å². The Bertz CT molecular complexity index is 4480. The molecule has 0 atom stereocenters. The zero-order chi connectivity index (χ0) is 60.8. The van der Waals surface area contributed by atoms with E-state index in [0.29, 0.717) is 76.5 Å². The van der Waals surface area contributed by atoms with Gasteiger partial charge in [-0.1, -0.05) is 0 Å². The lowest BCUT2D eigenvalue weighted by Gasteiger charge is -2.08. The lowest BCUT2D eigenvalue weighted by molar-refractivity contribution is 0.282. The molecule has 0 unspecified atom stereocenters. The maximum atomic E-state index is 12.1. The van der Waals surface area contributed by atoms with E-state index in [0.717, 1.165) is 76.4 Å². The summed E-state index contributed by atoms with van der Waals surface area (Å²) in [6, 6.07) is 6.66. The van der Waals surface area contributed by atoms with Crippen molar-refractivity contribution in [2.24, 2.45) is 35.2 Å². The summed E-state index contributed by atoms with van der Waals surface area (Å²) in [7, 11) is 7.82. The third-order valence-corrected chi connectivity index (χ3v) is 11.7. The first-order chi connectivity index (χ1) is 41.4.